The molecule has 0 aromatic heterocycles. The normalized spacial score (nSPS) is 27.5. The number of carbonyl (C=O) groups is 3. The summed E-state index contributed by atoms with van der Waals surface area (Å²) in [7, 11) is 1.67. The first-order valence-corrected chi connectivity index (χ1v) is 6.13. The highest BCUT2D eigenvalue weighted by Gasteiger charge is 2.36. The number of hydrogen-bond donors (Lipinski definition) is 2. The summed E-state index contributed by atoms with van der Waals surface area (Å²) >= 11 is 0. The van der Waals surface area contributed by atoms with Crippen molar-refractivity contribution in [1.82, 2.24) is 15.1 Å². The molecule has 2 aliphatic rings. The lowest BCUT2D eigenvalue weighted by atomic mass is 10.2. The van der Waals surface area contributed by atoms with E-state index in [0.29, 0.717) is 19.6 Å². The van der Waals surface area contributed by atoms with Gasteiger partial charge in [0.1, 0.15) is 6.04 Å². The molecule has 8 heteroatoms. The van der Waals surface area contributed by atoms with Crippen molar-refractivity contribution in [2.75, 3.05) is 33.4 Å². The van der Waals surface area contributed by atoms with Crippen LogP contribution in [0.2, 0.25) is 0 Å². The van der Waals surface area contributed by atoms with Crippen LogP contribution in [0.4, 0.5) is 4.79 Å². The standard InChI is InChI=1S/C11H17N3O5/c1-13-3-2-7(9(13)15)12-11(18)14-4-5-19-6-8(14)10(16)17/h7-8H,2-6H2,1H3,(H,12,18)(H,16,17). The van der Waals surface area contributed by atoms with Gasteiger partial charge in [-0.2, -0.15) is 0 Å². The number of hydrogen-bond acceptors (Lipinski definition) is 4. The fourth-order valence-corrected chi connectivity index (χ4v) is 2.24. The van der Waals surface area contributed by atoms with Crippen LogP contribution < -0.4 is 5.32 Å². The average molecular weight is 271 g/mol. The minimum absolute atomic E-state index is 0.0265. The van der Waals surface area contributed by atoms with Crippen LogP contribution in [0.5, 0.6) is 0 Å². The number of aliphatic carboxylic acids is 1. The number of amides is 3. The van der Waals surface area contributed by atoms with Crippen molar-refractivity contribution in [1.29, 1.82) is 0 Å². The lowest BCUT2D eigenvalue weighted by Crippen LogP contribution is -2.57. The van der Waals surface area contributed by atoms with E-state index < -0.39 is 24.1 Å². The molecule has 2 unspecified atom stereocenters. The molecule has 0 aromatic rings. The molecule has 2 fully saturated rings. The van der Waals surface area contributed by atoms with Crippen LogP contribution in [0.1, 0.15) is 6.42 Å². The second kappa shape index (κ2) is 5.43. The van der Waals surface area contributed by atoms with E-state index in [-0.39, 0.29) is 19.1 Å². The highest BCUT2D eigenvalue weighted by molar-refractivity contribution is 5.90. The number of carboxylic acid groups (broad SMARTS) is 1. The molecule has 3 amide bonds. The number of nitrogens with zero attached hydrogens (tertiary/aromatic N) is 2. The van der Waals surface area contributed by atoms with Crippen molar-refractivity contribution in [2.45, 2.75) is 18.5 Å². The van der Waals surface area contributed by atoms with Crippen LogP contribution in [-0.4, -0.2) is 78.2 Å². The molecule has 2 saturated heterocycles. The van der Waals surface area contributed by atoms with E-state index >= 15 is 0 Å². The van der Waals surface area contributed by atoms with Crippen molar-refractivity contribution in [3.63, 3.8) is 0 Å². The van der Waals surface area contributed by atoms with Gasteiger partial charge in [0.05, 0.1) is 13.2 Å². The van der Waals surface area contributed by atoms with E-state index in [1.165, 1.54) is 4.90 Å². The van der Waals surface area contributed by atoms with E-state index in [1.807, 2.05) is 0 Å². The maximum absolute atomic E-state index is 12.0. The Balaban J connectivity index is 1.98. The Morgan fingerprint density at radius 2 is 2.16 bits per heavy atom. The van der Waals surface area contributed by atoms with Gasteiger partial charge in [0.2, 0.25) is 5.91 Å². The molecule has 19 heavy (non-hydrogen) atoms. The predicted octanol–water partition coefficient (Wildman–Crippen LogP) is -1.29. The Morgan fingerprint density at radius 1 is 1.42 bits per heavy atom. The van der Waals surface area contributed by atoms with Gasteiger partial charge in [-0.3, -0.25) is 4.79 Å². The molecule has 106 valence electrons. The third-order valence-electron chi connectivity index (χ3n) is 3.40. The maximum Gasteiger partial charge on any atom is 0.328 e. The smallest absolute Gasteiger partial charge is 0.328 e. The van der Waals surface area contributed by atoms with Gasteiger partial charge in [0.25, 0.3) is 0 Å². The Hall–Kier alpha value is -1.83. The van der Waals surface area contributed by atoms with Crippen molar-refractivity contribution in [2.24, 2.45) is 0 Å². The molecule has 0 spiro atoms. The Kier molecular flexibility index (Phi) is 3.89. The minimum Gasteiger partial charge on any atom is -0.480 e. The van der Waals surface area contributed by atoms with Crippen LogP contribution in [0.3, 0.4) is 0 Å². The van der Waals surface area contributed by atoms with Gasteiger partial charge in [-0.15, -0.1) is 0 Å². The first-order chi connectivity index (χ1) is 9.00. The summed E-state index contributed by atoms with van der Waals surface area (Å²) in [5.74, 6) is -1.25. The number of morpholine rings is 1. The van der Waals surface area contributed by atoms with Crippen molar-refractivity contribution in [3.8, 4) is 0 Å². The maximum atomic E-state index is 12.0. The zero-order valence-electron chi connectivity index (χ0n) is 10.7. The number of carboxylic acids is 1. The van der Waals surface area contributed by atoms with E-state index in [4.69, 9.17) is 9.84 Å². The predicted molar refractivity (Wildman–Crippen MR) is 63.5 cm³/mol. The van der Waals surface area contributed by atoms with Crippen LogP contribution >= 0.6 is 0 Å². The lowest BCUT2D eigenvalue weighted by molar-refractivity contribution is -0.147. The Labute approximate surface area is 110 Å². The zero-order valence-corrected chi connectivity index (χ0v) is 10.7. The minimum atomic E-state index is -1.11. The molecule has 0 aliphatic carbocycles. The fourth-order valence-electron chi connectivity index (χ4n) is 2.24. The van der Waals surface area contributed by atoms with Gasteiger partial charge in [0, 0.05) is 20.1 Å². The summed E-state index contributed by atoms with van der Waals surface area (Å²) in [4.78, 5) is 37.5. The van der Waals surface area contributed by atoms with Crippen LogP contribution in [0.15, 0.2) is 0 Å². The number of rotatable bonds is 2. The summed E-state index contributed by atoms with van der Waals surface area (Å²) in [5, 5.41) is 11.6. The highest BCUT2D eigenvalue weighted by Crippen LogP contribution is 2.12. The molecule has 2 heterocycles. The van der Waals surface area contributed by atoms with Crippen molar-refractivity contribution >= 4 is 17.9 Å². The van der Waals surface area contributed by atoms with E-state index in [2.05, 4.69) is 5.32 Å². The van der Waals surface area contributed by atoms with Gasteiger partial charge in [0.15, 0.2) is 6.04 Å². The first-order valence-electron chi connectivity index (χ1n) is 6.13. The van der Waals surface area contributed by atoms with Gasteiger partial charge in [-0.05, 0) is 6.42 Å². The molecule has 0 radical (unpaired) electrons. The molecule has 2 aliphatic heterocycles. The number of ether oxygens (including phenoxy) is 1. The molecule has 2 atom stereocenters. The topological polar surface area (TPSA) is 99.2 Å². The molecule has 2 N–H and O–H groups in total. The van der Waals surface area contributed by atoms with Gasteiger partial charge < -0.3 is 25.0 Å². The van der Waals surface area contributed by atoms with Crippen LogP contribution in [0.25, 0.3) is 0 Å². The van der Waals surface area contributed by atoms with Crippen LogP contribution in [0, 0.1) is 0 Å². The third kappa shape index (κ3) is 2.78. The third-order valence-corrected chi connectivity index (χ3v) is 3.40. The number of likely N-dealkylation sites (N-methyl/N-ethyl adjacent to an activating group) is 1. The number of urea groups is 1. The monoisotopic (exact) mass is 271 g/mol. The lowest BCUT2D eigenvalue weighted by Gasteiger charge is -2.33. The molecular weight excluding hydrogens is 254 g/mol. The first kappa shape index (κ1) is 13.6. The Bertz CT molecular complexity index is 400. The molecular formula is C11H17N3O5. The van der Waals surface area contributed by atoms with Crippen molar-refractivity contribution < 1.29 is 24.2 Å². The summed E-state index contributed by atoms with van der Waals surface area (Å²) < 4.78 is 5.05. The largest absolute Gasteiger partial charge is 0.480 e. The van der Waals surface area contributed by atoms with E-state index in [0.717, 1.165) is 0 Å². The SMILES string of the molecule is CN1CCC(NC(=O)N2CCOCC2C(=O)O)C1=O. The van der Waals surface area contributed by atoms with Crippen molar-refractivity contribution in [3.05, 3.63) is 0 Å². The fraction of sp³-hybridized carbons (Fsp3) is 0.727. The number of carbonyl (C=O) groups excluding carboxylic acids is 2. The quantitative estimate of drug-likeness (QED) is 0.651. The molecule has 2 rings (SSSR count). The average Bonchev–Trinajstić information content (AvgIpc) is 2.70. The van der Waals surface area contributed by atoms with Crippen LogP contribution in [-0.2, 0) is 14.3 Å². The molecule has 0 bridgehead atoms. The molecule has 0 aromatic carbocycles. The van der Waals surface area contributed by atoms with Gasteiger partial charge in [-0.1, -0.05) is 0 Å². The van der Waals surface area contributed by atoms with E-state index in [1.54, 1.807) is 11.9 Å². The second-order valence-electron chi connectivity index (χ2n) is 4.67. The summed E-state index contributed by atoms with van der Waals surface area (Å²) in [6.45, 7) is 1.08. The number of nitrogens with one attached hydrogen (secondary N) is 1. The van der Waals surface area contributed by atoms with Gasteiger partial charge in [-0.25, -0.2) is 9.59 Å². The Morgan fingerprint density at radius 3 is 2.74 bits per heavy atom. The molecule has 0 saturated carbocycles. The second-order valence-corrected chi connectivity index (χ2v) is 4.67. The zero-order chi connectivity index (χ0) is 14.0. The highest BCUT2D eigenvalue weighted by atomic mass is 16.5. The summed E-state index contributed by atoms with van der Waals surface area (Å²) in [5.41, 5.74) is 0. The summed E-state index contributed by atoms with van der Waals surface area (Å²) in [6, 6.07) is -2.08. The summed E-state index contributed by atoms with van der Waals surface area (Å²) in [6.07, 6.45) is 0.545. The van der Waals surface area contributed by atoms with Gasteiger partial charge >= 0.3 is 12.0 Å². The number of likely N-dealkylation sites (tertiary alicyclic amines) is 1. The molecule has 8 nitrogen and oxygen atoms in total. The van der Waals surface area contributed by atoms with E-state index in [9.17, 15) is 14.4 Å².